The molecule has 0 spiro atoms. The number of rotatable bonds is 11. The van der Waals surface area contributed by atoms with Crippen molar-refractivity contribution in [2.24, 2.45) is 34.5 Å². The predicted octanol–water partition coefficient (Wildman–Crippen LogP) is 7.88. The van der Waals surface area contributed by atoms with E-state index in [2.05, 4.69) is 24.0 Å². The summed E-state index contributed by atoms with van der Waals surface area (Å²) in [6.45, 7) is 7.43. The van der Waals surface area contributed by atoms with Crippen molar-refractivity contribution in [1.82, 2.24) is 20.0 Å². The standard InChI is InChI=1S/C46H59FN4O5/c1-45-20-18-32(52)29-31(45)13-14-35-37-15-17-41(46(37,2)21-19-38(35)45)56-26-8-4-3-5-11-42(53)50-22-24-51(25-23-50)44(55)36-27-30(12-16-39(36)47)28-40-33-9-6-7-10-34(33)43(54)49-48-40/h6-7,9-10,12,16,27,31,35,37-38,41H,3-5,8,11,13-15,17-26,28-29H2,1-2H3,(H,49,54)/t31-,35-,37-,38-,41-,45-,46-/m0/s1. The molecule has 0 unspecified atom stereocenters. The lowest BCUT2D eigenvalue weighted by Gasteiger charge is -2.60. The molecule has 2 amide bonds. The first-order chi connectivity index (χ1) is 27.0. The third-order valence-electron chi connectivity index (χ3n) is 15.3. The highest BCUT2D eigenvalue weighted by Gasteiger charge is 2.60. The van der Waals surface area contributed by atoms with Gasteiger partial charge < -0.3 is 14.5 Å². The molecule has 0 bridgehead atoms. The molecule has 1 N–H and O–H groups in total. The Morgan fingerprint density at radius 1 is 0.857 bits per heavy atom. The van der Waals surface area contributed by atoms with Crippen molar-refractivity contribution in [3.63, 3.8) is 0 Å². The quantitative estimate of drug-likeness (QED) is 0.199. The fourth-order valence-electron chi connectivity index (χ4n) is 12.1. The Labute approximate surface area is 330 Å². The molecule has 1 aliphatic heterocycles. The van der Waals surface area contributed by atoms with Crippen LogP contribution < -0.4 is 5.56 Å². The van der Waals surface area contributed by atoms with Gasteiger partial charge in [0.2, 0.25) is 5.91 Å². The summed E-state index contributed by atoms with van der Waals surface area (Å²) < 4.78 is 21.6. The highest BCUT2D eigenvalue weighted by atomic mass is 19.1. The Hall–Kier alpha value is -3.92. The molecule has 7 atom stereocenters. The highest BCUT2D eigenvalue weighted by molar-refractivity contribution is 5.95. The van der Waals surface area contributed by atoms with Crippen LogP contribution in [0.25, 0.3) is 10.8 Å². The first kappa shape index (κ1) is 38.9. The average Bonchev–Trinajstić information content (AvgIpc) is 3.55. The maximum Gasteiger partial charge on any atom is 0.272 e. The van der Waals surface area contributed by atoms with Crippen LogP contribution >= 0.6 is 0 Å². The number of H-pyrrole nitrogens is 1. The van der Waals surface area contributed by atoms with Crippen molar-refractivity contribution < 1.29 is 23.5 Å². The van der Waals surface area contributed by atoms with Gasteiger partial charge in [-0.3, -0.25) is 19.2 Å². The molecule has 56 heavy (non-hydrogen) atoms. The number of Topliss-reactive ketones (excluding diaryl/α,β-unsaturated/α-hetero) is 1. The van der Waals surface area contributed by atoms with Crippen LogP contribution in [-0.2, 0) is 20.7 Å². The zero-order valence-electron chi connectivity index (χ0n) is 33.3. The first-order valence-electron chi connectivity index (χ1n) is 21.5. The SMILES string of the molecule is C[C@]12CCC(=O)C[C@@H]1CC[C@@H]1[C@@H]2CC[C@]2(C)[C@@H](OCCCCCCC(=O)N3CCN(C(=O)c4cc(Cc5n[nH]c(=O)c6ccccc56)ccc4F)CC3)CC[C@@H]12. The van der Waals surface area contributed by atoms with Gasteiger partial charge in [-0.05, 0) is 116 Å². The van der Waals surface area contributed by atoms with E-state index in [1.807, 2.05) is 17.0 Å². The van der Waals surface area contributed by atoms with Gasteiger partial charge in [-0.25, -0.2) is 9.49 Å². The van der Waals surface area contributed by atoms with E-state index in [9.17, 15) is 23.6 Å². The Bertz CT molecular complexity index is 2010. The van der Waals surface area contributed by atoms with E-state index in [1.165, 1.54) is 44.6 Å². The molecular formula is C46H59FN4O5. The monoisotopic (exact) mass is 766 g/mol. The molecular weight excluding hydrogens is 708 g/mol. The lowest BCUT2D eigenvalue weighted by atomic mass is 9.45. The van der Waals surface area contributed by atoms with Gasteiger partial charge in [0.05, 0.1) is 22.7 Å². The number of fused-ring (bicyclic) bond motifs is 6. The fraction of sp³-hybridized carbons (Fsp3) is 0.630. The lowest BCUT2D eigenvalue weighted by Crippen LogP contribution is -2.54. The second-order valence-electron chi connectivity index (χ2n) is 18.3. The summed E-state index contributed by atoms with van der Waals surface area (Å²) >= 11 is 0. The Balaban J connectivity index is 0.742. The number of ketones is 1. The van der Waals surface area contributed by atoms with Crippen LogP contribution in [0.2, 0.25) is 0 Å². The third-order valence-corrected chi connectivity index (χ3v) is 15.3. The number of unbranched alkanes of at least 4 members (excludes halogenated alkanes) is 3. The van der Waals surface area contributed by atoms with Gasteiger partial charge in [0, 0.05) is 63.9 Å². The smallest absolute Gasteiger partial charge is 0.272 e. The molecule has 5 fully saturated rings. The normalized spacial score (nSPS) is 30.2. The van der Waals surface area contributed by atoms with Crippen molar-refractivity contribution >= 4 is 28.4 Å². The summed E-state index contributed by atoms with van der Waals surface area (Å²) in [6.07, 6.45) is 15.3. The van der Waals surface area contributed by atoms with Crippen LogP contribution in [0.5, 0.6) is 0 Å². The zero-order chi connectivity index (χ0) is 39.0. The summed E-state index contributed by atoms with van der Waals surface area (Å²) in [4.78, 5) is 54.4. The summed E-state index contributed by atoms with van der Waals surface area (Å²) in [5.41, 5.74) is 1.72. The number of amides is 2. The average molecular weight is 767 g/mol. The van der Waals surface area contributed by atoms with E-state index < -0.39 is 5.82 Å². The number of nitrogens with one attached hydrogen (secondary N) is 1. The van der Waals surface area contributed by atoms with Gasteiger partial charge in [-0.2, -0.15) is 5.10 Å². The molecule has 2 aromatic carbocycles. The molecule has 9 nitrogen and oxygen atoms in total. The molecule has 0 radical (unpaired) electrons. The summed E-state index contributed by atoms with van der Waals surface area (Å²) in [5, 5.41) is 8.02. The summed E-state index contributed by atoms with van der Waals surface area (Å²) in [7, 11) is 0. The number of benzene rings is 2. The van der Waals surface area contributed by atoms with E-state index in [1.54, 1.807) is 29.2 Å². The molecule has 5 aliphatic rings. The number of carbonyl (C=O) groups is 3. The zero-order valence-corrected chi connectivity index (χ0v) is 33.3. The minimum atomic E-state index is -0.581. The highest BCUT2D eigenvalue weighted by Crippen LogP contribution is 2.66. The number of piperazine rings is 1. The van der Waals surface area contributed by atoms with Crippen molar-refractivity contribution in [2.75, 3.05) is 32.8 Å². The number of aromatic nitrogens is 2. The summed E-state index contributed by atoms with van der Waals surface area (Å²) in [5.74, 6) is 2.56. The largest absolute Gasteiger partial charge is 0.378 e. The Kier molecular flexibility index (Phi) is 11.2. The predicted molar refractivity (Wildman–Crippen MR) is 214 cm³/mol. The number of aromatic amines is 1. The fourth-order valence-corrected chi connectivity index (χ4v) is 12.1. The number of hydrogen-bond donors (Lipinski definition) is 1. The molecule has 2 heterocycles. The maximum absolute atomic E-state index is 15.0. The molecule has 3 aromatic rings. The molecule has 300 valence electrons. The van der Waals surface area contributed by atoms with E-state index in [-0.39, 0.29) is 28.4 Å². The van der Waals surface area contributed by atoms with E-state index in [0.717, 1.165) is 80.3 Å². The van der Waals surface area contributed by atoms with Crippen LogP contribution in [0.4, 0.5) is 4.39 Å². The number of halogens is 1. The van der Waals surface area contributed by atoms with Gasteiger partial charge in [0.1, 0.15) is 11.6 Å². The van der Waals surface area contributed by atoms with Crippen LogP contribution in [0.1, 0.15) is 125 Å². The molecule has 10 heteroatoms. The summed E-state index contributed by atoms with van der Waals surface area (Å²) in [6, 6.07) is 11.7. The van der Waals surface area contributed by atoms with Crippen molar-refractivity contribution in [3.8, 4) is 0 Å². The third kappa shape index (κ3) is 7.47. The van der Waals surface area contributed by atoms with Gasteiger partial charge >= 0.3 is 0 Å². The maximum atomic E-state index is 15.0. The molecule has 1 saturated heterocycles. The lowest BCUT2D eigenvalue weighted by molar-refractivity contribution is -0.145. The van der Waals surface area contributed by atoms with Crippen LogP contribution in [0, 0.1) is 40.3 Å². The van der Waals surface area contributed by atoms with Gasteiger partial charge in [0.25, 0.3) is 11.5 Å². The van der Waals surface area contributed by atoms with Crippen LogP contribution in [0.15, 0.2) is 47.3 Å². The van der Waals surface area contributed by atoms with E-state index >= 15 is 0 Å². The van der Waals surface area contributed by atoms with Crippen LogP contribution in [-0.4, -0.2) is 76.5 Å². The molecule has 1 aromatic heterocycles. The topological polar surface area (TPSA) is 113 Å². The number of hydrogen-bond acceptors (Lipinski definition) is 6. The Morgan fingerprint density at radius 3 is 2.43 bits per heavy atom. The second kappa shape index (κ2) is 16.1. The minimum absolute atomic E-state index is 0.00450. The second-order valence-corrected chi connectivity index (χ2v) is 18.3. The Morgan fingerprint density at radius 2 is 1.61 bits per heavy atom. The van der Waals surface area contributed by atoms with E-state index in [4.69, 9.17) is 4.74 Å². The number of ether oxygens (including phenoxy) is 1. The van der Waals surface area contributed by atoms with Crippen molar-refractivity contribution in [1.29, 1.82) is 0 Å². The van der Waals surface area contributed by atoms with Crippen LogP contribution in [0.3, 0.4) is 0 Å². The number of carbonyl (C=O) groups excluding carboxylic acids is 3. The molecule has 8 rings (SSSR count). The molecule has 4 aliphatic carbocycles. The van der Waals surface area contributed by atoms with Gasteiger partial charge in [0.15, 0.2) is 0 Å². The first-order valence-corrected chi connectivity index (χ1v) is 21.5. The van der Waals surface area contributed by atoms with E-state index in [0.29, 0.717) is 73.3 Å². The van der Waals surface area contributed by atoms with Crippen molar-refractivity contribution in [2.45, 2.75) is 116 Å². The minimum Gasteiger partial charge on any atom is -0.378 e. The number of nitrogens with zero attached hydrogens (tertiary/aromatic N) is 3. The molecule has 4 saturated carbocycles. The van der Waals surface area contributed by atoms with Crippen molar-refractivity contribution in [3.05, 3.63) is 75.5 Å². The van der Waals surface area contributed by atoms with Gasteiger partial charge in [-0.1, -0.05) is 51.0 Å². The van der Waals surface area contributed by atoms with Gasteiger partial charge in [-0.15, -0.1) is 0 Å².